The summed E-state index contributed by atoms with van der Waals surface area (Å²) in [6.45, 7) is 0.405. The van der Waals surface area contributed by atoms with E-state index >= 15 is 0 Å². The van der Waals surface area contributed by atoms with E-state index in [2.05, 4.69) is 36.8 Å². The number of hydrogen-bond acceptors (Lipinski definition) is 5. The van der Waals surface area contributed by atoms with Gasteiger partial charge in [-0.1, -0.05) is 62.5 Å². The van der Waals surface area contributed by atoms with Gasteiger partial charge in [0.25, 0.3) is 5.91 Å². The Morgan fingerprint density at radius 1 is 1.06 bits per heavy atom. The number of thioether (sulfide) groups is 1. The van der Waals surface area contributed by atoms with Crippen LogP contribution < -0.4 is 10.6 Å². The van der Waals surface area contributed by atoms with Crippen LogP contribution >= 0.6 is 62.5 Å². The quantitative estimate of drug-likeness (QED) is 0.282. The highest BCUT2D eigenvalue weighted by molar-refractivity contribution is 9.10. The second-order valence-corrected chi connectivity index (χ2v) is 9.63. The van der Waals surface area contributed by atoms with Gasteiger partial charge in [0.1, 0.15) is 5.82 Å². The number of amides is 2. The van der Waals surface area contributed by atoms with E-state index in [0.29, 0.717) is 50.3 Å². The van der Waals surface area contributed by atoms with Gasteiger partial charge in [-0.05, 0) is 36.4 Å². The molecule has 0 bridgehead atoms. The SMILES string of the molecule is Cn1c(CCNC(=O)c2ccc(Br)cc2)nnc1SCC(=O)Nc1cc(Cl)c(Cl)cc1Cl. The van der Waals surface area contributed by atoms with Crippen LogP contribution in [-0.2, 0) is 18.3 Å². The van der Waals surface area contributed by atoms with Crippen molar-refractivity contribution in [1.82, 2.24) is 20.1 Å². The molecule has 0 saturated carbocycles. The van der Waals surface area contributed by atoms with E-state index < -0.39 is 0 Å². The molecule has 0 aliphatic carbocycles. The van der Waals surface area contributed by atoms with Crippen LogP contribution in [-0.4, -0.2) is 38.9 Å². The number of rotatable bonds is 8. The van der Waals surface area contributed by atoms with Crippen LogP contribution in [0.2, 0.25) is 15.1 Å². The van der Waals surface area contributed by atoms with Crippen LogP contribution in [0.25, 0.3) is 0 Å². The third-order valence-corrected chi connectivity index (χ3v) is 6.87. The Kier molecular flexibility index (Phi) is 8.84. The zero-order valence-electron chi connectivity index (χ0n) is 16.7. The number of nitrogens with zero attached hydrogens (tertiary/aromatic N) is 3. The summed E-state index contributed by atoms with van der Waals surface area (Å²) in [5, 5.41) is 15.3. The van der Waals surface area contributed by atoms with Crippen LogP contribution in [0.3, 0.4) is 0 Å². The lowest BCUT2D eigenvalue weighted by atomic mass is 10.2. The average Bonchev–Trinajstić information content (AvgIpc) is 3.10. The first-order chi connectivity index (χ1) is 15.2. The van der Waals surface area contributed by atoms with Gasteiger partial charge in [0, 0.05) is 30.0 Å². The van der Waals surface area contributed by atoms with Crippen molar-refractivity contribution in [1.29, 1.82) is 0 Å². The van der Waals surface area contributed by atoms with E-state index in [1.54, 1.807) is 16.7 Å². The van der Waals surface area contributed by atoms with Crippen molar-refractivity contribution in [2.24, 2.45) is 7.05 Å². The molecule has 2 aromatic carbocycles. The first-order valence-corrected chi connectivity index (χ1v) is 12.1. The maximum absolute atomic E-state index is 12.3. The normalized spacial score (nSPS) is 10.8. The molecule has 0 aliphatic rings. The molecule has 0 radical (unpaired) electrons. The van der Waals surface area contributed by atoms with Crippen LogP contribution in [0.4, 0.5) is 5.69 Å². The number of benzene rings is 2. The minimum absolute atomic E-state index is 0.100. The van der Waals surface area contributed by atoms with E-state index in [4.69, 9.17) is 34.8 Å². The topological polar surface area (TPSA) is 88.9 Å². The van der Waals surface area contributed by atoms with E-state index in [0.717, 1.165) is 4.47 Å². The lowest BCUT2D eigenvalue weighted by Gasteiger charge is -2.09. The predicted octanol–water partition coefficient (Wildman–Crippen LogP) is 5.24. The molecule has 2 amide bonds. The monoisotopic (exact) mass is 575 g/mol. The average molecular weight is 578 g/mol. The van der Waals surface area contributed by atoms with Crippen molar-refractivity contribution in [2.45, 2.75) is 11.6 Å². The van der Waals surface area contributed by atoms with Crippen molar-refractivity contribution in [2.75, 3.05) is 17.6 Å². The predicted molar refractivity (Wildman–Crippen MR) is 132 cm³/mol. The molecule has 32 heavy (non-hydrogen) atoms. The van der Waals surface area contributed by atoms with Crippen molar-refractivity contribution in [3.8, 4) is 0 Å². The Hall–Kier alpha value is -1.78. The fourth-order valence-electron chi connectivity index (χ4n) is 2.61. The third-order valence-electron chi connectivity index (χ3n) is 4.28. The summed E-state index contributed by atoms with van der Waals surface area (Å²) in [4.78, 5) is 24.5. The molecule has 7 nitrogen and oxygen atoms in total. The van der Waals surface area contributed by atoms with E-state index in [9.17, 15) is 9.59 Å². The summed E-state index contributed by atoms with van der Waals surface area (Å²) in [5.74, 6) is 0.355. The van der Waals surface area contributed by atoms with E-state index in [1.807, 2.05) is 19.2 Å². The van der Waals surface area contributed by atoms with E-state index in [1.165, 1.54) is 23.9 Å². The van der Waals surface area contributed by atoms with Gasteiger partial charge < -0.3 is 15.2 Å². The van der Waals surface area contributed by atoms with Crippen LogP contribution in [0.5, 0.6) is 0 Å². The molecule has 3 aromatic rings. The number of aromatic nitrogens is 3. The van der Waals surface area contributed by atoms with Gasteiger partial charge in [0.15, 0.2) is 5.16 Å². The van der Waals surface area contributed by atoms with Crippen molar-refractivity contribution in [3.63, 3.8) is 0 Å². The maximum Gasteiger partial charge on any atom is 0.251 e. The molecule has 2 N–H and O–H groups in total. The smallest absolute Gasteiger partial charge is 0.251 e. The maximum atomic E-state index is 12.3. The Morgan fingerprint density at radius 2 is 1.75 bits per heavy atom. The Labute approximate surface area is 212 Å². The van der Waals surface area contributed by atoms with Crippen molar-refractivity contribution < 1.29 is 9.59 Å². The third kappa shape index (κ3) is 6.62. The van der Waals surface area contributed by atoms with Crippen molar-refractivity contribution >= 4 is 80.0 Å². The zero-order chi connectivity index (χ0) is 23.3. The summed E-state index contributed by atoms with van der Waals surface area (Å²) >= 11 is 22.5. The summed E-state index contributed by atoms with van der Waals surface area (Å²) in [7, 11) is 1.81. The Bertz CT molecular complexity index is 1140. The summed E-state index contributed by atoms with van der Waals surface area (Å²) < 4.78 is 2.70. The minimum Gasteiger partial charge on any atom is -0.352 e. The van der Waals surface area contributed by atoms with Crippen LogP contribution in [0, 0.1) is 0 Å². The summed E-state index contributed by atoms with van der Waals surface area (Å²) in [5.41, 5.74) is 0.960. The highest BCUT2D eigenvalue weighted by Gasteiger charge is 2.14. The van der Waals surface area contributed by atoms with Gasteiger partial charge in [-0.15, -0.1) is 10.2 Å². The van der Waals surface area contributed by atoms with Gasteiger partial charge in [-0.25, -0.2) is 0 Å². The zero-order valence-corrected chi connectivity index (χ0v) is 21.3. The number of hydrogen-bond donors (Lipinski definition) is 2. The lowest BCUT2D eigenvalue weighted by molar-refractivity contribution is -0.113. The molecule has 168 valence electrons. The first kappa shape index (κ1) is 24.9. The number of carbonyl (C=O) groups is 2. The molecule has 0 spiro atoms. The standard InChI is InChI=1S/C20H17BrCl3N5O2S/c1-29-17(6-7-25-19(31)11-2-4-12(21)5-3-11)27-28-20(29)32-10-18(30)26-16-9-14(23)13(22)8-15(16)24/h2-5,8-9H,6-7,10H2,1H3,(H,25,31)(H,26,30). The highest BCUT2D eigenvalue weighted by Crippen LogP contribution is 2.32. The molecular weight excluding hydrogens is 561 g/mol. The minimum atomic E-state index is -0.276. The highest BCUT2D eigenvalue weighted by atomic mass is 79.9. The molecular formula is C20H17BrCl3N5O2S. The molecule has 0 atom stereocenters. The first-order valence-electron chi connectivity index (χ1n) is 9.24. The summed E-state index contributed by atoms with van der Waals surface area (Å²) in [6.07, 6.45) is 0.497. The molecule has 1 heterocycles. The summed E-state index contributed by atoms with van der Waals surface area (Å²) in [6, 6.07) is 10.1. The largest absolute Gasteiger partial charge is 0.352 e. The molecule has 0 saturated heterocycles. The Balaban J connectivity index is 1.49. The molecule has 0 aliphatic heterocycles. The van der Waals surface area contributed by atoms with Gasteiger partial charge in [-0.3, -0.25) is 9.59 Å². The second kappa shape index (κ2) is 11.4. The van der Waals surface area contributed by atoms with Gasteiger partial charge in [0.2, 0.25) is 5.91 Å². The fraction of sp³-hybridized carbons (Fsp3) is 0.200. The van der Waals surface area contributed by atoms with Gasteiger partial charge in [-0.2, -0.15) is 0 Å². The number of anilines is 1. The second-order valence-electron chi connectivity index (χ2n) is 6.55. The van der Waals surface area contributed by atoms with E-state index in [-0.39, 0.29) is 17.6 Å². The van der Waals surface area contributed by atoms with Gasteiger partial charge >= 0.3 is 0 Å². The molecule has 1 aromatic heterocycles. The van der Waals surface area contributed by atoms with Gasteiger partial charge in [0.05, 0.1) is 26.5 Å². The molecule has 3 rings (SSSR count). The lowest BCUT2D eigenvalue weighted by Crippen LogP contribution is -2.26. The van der Waals surface area contributed by atoms with Crippen LogP contribution in [0.15, 0.2) is 46.0 Å². The number of halogens is 4. The molecule has 0 unspecified atom stereocenters. The number of nitrogens with one attached hydrogen (secondary N) is 2. The van der Waals surface area contributed by atoms with Crippen LogP contribution in [0.1, 0.15) is 16.2 Å². The molecule has 12 heteroatoms. The Morgan fingerprint density at radius 3 is 2.47 bits per heavy atom. The fourth-order valence-corrected chi connectivity index (χ4v) is 4.20. The molecule has 0 fully saturated rings. The number of carbonyl (C=O) groups excluding carboxylic acids is 2. The van der Waals surface area contributed by atoms with Crippen molar-refractivity contribution in [3.05, 3.63) is 67.3 Å².